The summed E-state index contributed by atoms with van der Waals surface area (Å²) < 4.78 is 5.40. The van der Waals surface area contributed by atoms with Crippen molar-refractivity contribution in [2.45, 2.75) is 6.42 Å². The smallest absolute Gasteiger partial charge is 0.0642 e. The van der Waals surface area contributed by atoms with Crippen LogP contribution in [0.1, 0.15) is 5.56 Å². The fourth-order valence-electron chi connectivity index (χ4n) is 2.66. The Morgan fingerprint density at radius 2 is 1.85 bits per heavy atom. The Morgan fingerprint density at radius 1 is 1.05 bits per heavy atom. The monoisotopic (exact) mass is 270 g/mol. The van der Waals surface area contributed by atoms with Crippen molar-refractivity contribution in [2.75, 3.05) is 39.4 Å². The van der Waals surface area contributed by atoms with Crippen molar-refractivity contribution >= 4 is 0 Å². The summed E-state index contributed by atoms with van der Waals surface area (Å²) in [5, 5.41) is 0. The molecule has 0 atom stereocenters. The molecule has 0 spiro atoms. The molecular formula is C17H22N2O. The van der Waals surface area contributed by atoms with Crippen molar-refractivity contribution in [3.8, 4) is 0 Å². The van der Waals surface area contributed by atoms with Gasteiger partial charge in [-0.25, -0.2) is 0 Å². The van der Waals surface area contributed by atoms with E-state index in [4.69, 9.17) is 4.74 Å². The first kappa shape index (κ1) is 13.3. The van der Waals surface area contributed by atoms with E-state index in [0.717, 1.165) is 45.8 Å². The first-order valence-electron chi connectivity index (χ1n) is 7.41. The van der Waals surface area contributed by atoms with Crippen molar-refractivity contribution in [1.82, 2.24) is 9.80 Å². The molecule has 0 bridgehead atoms. The van der Waals surface area contributed by atoms with E-state index in [-0.39, 0.29) is 0 Å². The molecule has 1 aromatic carbocycles. The van der Waals surface area contributed by atoms with Gasteiger partial charge in [-0.3, -0.25) is 0 Å². The lowest BCUT2D eigenvalue weighted by Crippen LogP contribution is -2.36. The van der Waals surface area contributed by atoms with Gasteiger partial charge < -0.3 is 14.5 Å². The van der Waals surface area contributed by atoms with Crippen LogP contribution in [-0.2, 0) is 11.2 Å². The van der Waals surface area contributed by atoms with Gasteiger partial charge in [0.25, 0.3) is 0 Å². The molecule has 0 unspecified atom stereocenters. The van der Waals surface area contributed by atoms with Crippen LogP contribution >= 0.6 is 0 Å². The van der Waals surface area contributed by atoms with Gasteiger partial charge in [-0.05, 0) is 24.1 Å². The molecule has 0 amide bonds. The predicted octanol–water partition coefficient (Wildman–Crippen LogP) is 2.27. The maximum absolute atomic E-state index is 5.40. The molecule has 0 N–H and O–H groups in total. The van der Waals surface area contributed by atoms with Gasteiger partial charge in [0.2, 0.25) is 0 Å². The fourth-order valence-corrected chi connectivity index (χ4v) is 2.66. The van der Waals surface area contributed by atoms with E-state index in [2.05, 4.69) is 58.5 Å². The number of rotatable bonds is 4. The number of hydrogen-bond acceptors (Lipinski definition) is 3. The van der Waals surface area contributed by atoms with Gasteiger partial charge >= 0.3 is 0 Å². The first-order chi connectivity index (χ1) is 9.92. The number of ether oxygens (including phenoxy) is 1. The number of morpholine rings is 1. The van der Waals surface area contributed by atoms with E-state index >= 15 is 0 Å². The summed E-state index contributed by atoms with van der Waals surface area (Å²) in [5.74, 6) is 0. The van der Waals surface area contributed by atoms with E-state index in [1.165, 1.54) is 11.3 Å². The lowest BCUT2D eigenvalue weighted by atomic mass is 10.1. The van der Waals surface area contributed by atoms with E-state index in [9.17, 15) is 0 Å². The Kier molecular flexibility index (Phi) is 4.38. The van der Waals surface area contributed by atoms with Crippen molar-refractivity contribution in [3.63, 3.8) is 0 Å². The van der Waals surface area contributed by atoms with Gasteiger partial charge in [-0.1, -0.05) is 30.3 Å². The molecule has 3 rings (SSSR count). The van der Waals surface area contributed by atoms with E-state index < -0.39 is 0 Å². The lowest BCUT2D eigenvalue weighted by molar-refractivity contribution is 0.0548. The van der Waals surface area contributed by atoms with Crippen LogP contribution in [0.5, 0.6) is 0 Å². The number of benzene rings is 1. The molecule has 0 saturated carbocycles. The molecule has 1 saturated heterocycles. The van der Waals surface area contributed by atoms with Gasteiger partial charge in [-0.2, -0.15) is 0 Å². The summed E-state index contributed by atoms with van der Waals surface area (Å²) in [7, 11) is 0. The summed E-state index contributed by atoms with van der Waals surface area (Å²) in [6, 6.07) is 10.7. The second-order valence-electron chi connectivity index (χ2n) is 5.27. The highest BCUT2D eigenvalue weighted by Gasteiger charge is 2.14. The Hall–Kier alpha value is -1.74. The average Bonchev–Trinajstić information content (AvgIpc) is 2.55. The normalized spacial score (nSPS) is 19.1. The second kappa shape index (κ2) is 6.62. The number of nitrogens with zero attached hydrogens (tertiary/aromatic N) is 2. The summed E-state index contributed by atoms with van der Waals surface area (Å²) >= 11 is 0. The lowest BCUT2D eigenvalue weighted by Gasteiger charge is -2.32. The second-order valence-corrected chi connectivity index (χ2v) is 5.27. The third-order valence-corrected chi connectivity index (χ3v) is 3.90. The summed E-state index contributed by atoms with van der Waals surface area (Å²) in [6.45, 7) is 5.82. The minimum atomic E-state index is 0.850. The van der Waals surface area contributed by atoms with Gasteiger partial charge in [0.15, 0.2) is 0 Å². The maximum Gasteiger partial charge on any atom is 0.0642 e. The molecule has 2 aliphatic rings. The van der Waals surface area contributed by atoms with Gasteiger partial charge in [0, 0.05) is 38.1 Å². The van der Waals surface area contributed by atoms with E-state index in [0.29, 0.717) is 0 Å². The highest BCUT2D eigenvalue weighted by molar-refractivity contribution is 5.22. The minimum absolute atomic E-state index is 0.850. The highest BCUT2D eigenvalue weighted by Crippen LogP contribution is 2.14. The third-order valence-electron chi connectivity index (χ3n) is 3.90. The molecule has 20 heavy (non-hydrogen) atoms. The molecule has 3 nitrogen and oxygen atoms in total. The van der Waals surface area contributed by atoms with Gasteiger partial charge in [-0.15, -0.1) is 0 Å². The first-order valence-corrected chi connectivity index (χ1v) is 7.41. The molecule has 1 fully saturated rings. The Balaban J connectivity index is 1.48. The maximum atomic E-state index is 5.40. The Labute approximate surface area is 121 Å². The summed E-state index contributed by atoms with van der Waals surface area (Å²) in [5.41, 5.74) is 2.76. The summed E-state index contributed by atoms with van der Waals surface area (Å²) in [6.07, 6.45) is 7.90. The largest absolute Gasteiger partial charge is 0.378 e. The zero-order valence-corrected chi connectivity index (χ0v) is 11.9. The molecule has 0 radical (unpaired) electrons. The van der Waals surface area contributed by atoms with Gasteiger partial charge in [0.1, 0.15) is 0 Å². The number of hydrogen-bond donors (Lipinski definition) is 0. The number of allylic oxidation sites excluding steroid dienone is 1. The fraction of sp³-hybridized carbons (Fsp3) is 0.412. The standard InChI is InChI=1S/C17H22N2O/c1-2-4-16(5-3-1)6-9-18-10-7-17(8-11-18)19-12-14-20-15-13-19/h1-5,7-8,10H,6,9,11-15H2. The molecule has 3 heteroatoms. The van der Waals surface area contributed by atoms with Crippen LogP contribution in [0.15, 0.2) is 54.4 Å². The van der Waals surface area contributed by atoms with E-state index in [1.54, 1.807) is 0 Å². The predicted molar refractivity (Wildman–Crippen MR) is 81.3 cm³/mol. The molecule has 1 aromatic rings. The Bertz CT molecular complexity index is 475. The minimum Gasteiger partial charge on any atom is -0.378 e. The van der Waals surface area contributed by atoms with E-state index in [1.807, 2.05) is 0 Å². The van der Waals surface area contributed by atoms with Crippen LogP contribution in [0.4, 0.5) is 0 Å². The molecule has 2 heterocycles. The quantitative estimate of drug-likeness (QED) is 0.835. The van der Waals surface area contributed by atoms with Crippen LogP contribution in [-0.4, -0.2) is 49.2 Å². The molecular weight excluding hydrogens is 248 g/mol. The zero-order valence-electron chi connectivity index (χ0n) is 11.9. The van der Waals surface area contributed by atoms with Crippen molar-refractivity contribution in [3.05, 3.63) is 59.9 Å². The molecule has 0 aromatic heterocycles. The Morgan fingerprint density at radius 3 is 2.55 bits per heavy atom. The third kappa shape index (κ3) is 3.42. The molecule has 2 aliphatic heterocycles. The zero-order chi connectivity index (χ0) is 13.6. The average molecular weight is 270 g/mol. The van der Waals surface area contributed by atoms with Crippen molar-refractivity contribution < 1.29 is 4.74 Å². The van der Waals surface area contributed by atoms with Crippen LogP contribution in [0, 0.1) is 0 Å². The van der Waals surface area contributed by atoms with Crippen LogP contribution in [0.2, 0.25) is 0 Å². The topological polar surface area (TPSA) is 15.7 Å². The van der Waals surface area contributed by atoms with Crippen molar-refractivity contribution in [2.24, 2.45) is 0 Å². The molecule has 0 aliphatic carbocycles. The molecule has 106 valence electrons. The summed E-state index contributed by atoms with van der Waals surface area (Å²) in [4.78, 5) is 4.78. The van der Waals surface area contributed by atoms with Gasteiger partial charge in [0.05, 0.1) is 13.2 Å². The van der Waals surface area contributed by atoms with Crippen molar-refractivity contribution in [1.29, 1.82) is 0 Å². The van der Waals surface area contributed by atoms with Crippen LogP contribution in [0.3, 0.4) is 0 Å². The van der Waals surface area contributed by atoms with Crippen LogP contribution in [0.25, 0.3) is 0 Å². The highest BCUT2D eigenvalue weighted by atomic mass is 16.5. The van der Waals surface area contributed by atoms with Crippen LogP contribution < -0.4 is 0 Å². The SMILES string of the molecule is C1=CN(CCc2ccccc2)CC=C1N1CCOCC1.